The third-order valence-electron chi connectivity index (χ3n) is 6.80. The molecule has 178 valence electrons. The normalized spacial score (nSPS) is 20.0. The molecule has 0 spiro atoms. The third-order valence-corrected chi connectivity index (χ3v) is 6.80. The van der Waals surface area contributed by atoms with Crippen LogP contribution in [-0.4, -0.2) is 60.9 Å². The third kappa shape index (κ3) is 5.99. The maximum atomic E-state index is 13.6. The van der Waals surface area contributed by atoms with E-state index in [1.165, 1.54) is 0 Å². The summed E-state index contributed by atoms with van der Waals surface area (Å²) in [6.45, 7) is 6.93. The number of carbonyl (C=O) groups excluding carboxylic acids is 2. The van der Waals surface area contributed by atoms with Crippen LogP contribution >= 0.6 is 0 Å². The van der Waals surface area contributed by atoms with Crippen molar-refractivity contribution in [1.29, 1.82) is 0 Å². The largest absolute Gasteiger partial charge is 0.416 e. The number of likely N-dealkylation sites (tertiary alicyclic amines) is 1. The fraction of sp³-hybridized carbons (Fsp3) is 0.652. The van der Waals surface area contributed by atoms with Crippen LogP contribution in [0.1, 0.15) is 55.5 Å². The van der Waals surface area contributed by atoms with Crippen molar-refractivity contribution < 1.29 is 27.2 Å². The minimum Gasteiger partial charge on any atom is -0.349 e. The summed E-state index contributed by atoms with van der Waals surface area (Å²) in [7, 11) is 1.84. The smallest absolute Gasteiger partial charge is 0.349 e. The molecule has 1 aliphatic heterocycles. The summed E-state index contributed by atoms with van der Waals surface area (Å²) in [6.07, 6.45) is -1.15. The fourth-order valence-corrected chi connectivity index (χ4v) is 4.22. The van der Waals surface area contributed by atoms with Crippen LogP contribution in [0, 0.1) is 17.2 Å². The highest BCUT2D eigenvalue weighted by atomic mass is 19.4. The lowest BCUT2D eigenvalue weighted by molar-refractivity contribution is -0.138. The van der Waals surface area contributed by atoms with Gasteiger partial charge in [0.2, 0.25) is 5.91 Å². The number of carbonyl (C=O) groups is 2. The Labute approximate surface area is 186 Å². The molecule has 1 heterocycles. The van der Waals surface area contributed by atoms with E-state index in [-0.39, 0.29) is 28.8 Å². The number of benzene rings is 1. The van der Waals surface area contributed by atoms with Crippen molar-refractivity contribution in [1.82, 2.24) is 15.1 Å². The lowest BCUT2D eigenvalue weighted by Crippen LogP contribution is -2.46. The molecule has 32 heavy (non-hydrogen) atoms. The highest BCUT2D eigenvalue weighted by Crippen LogP contribution is 2.46. The highest BCUT2D eigenvalue weighted by molar-refractivity contribution is 5.94. The molecule has 1 saturated carbocycles. The van der Waals surface area contributed by atoms with E-state index in [4.69, 9.17) is 0 Å². The predicted octanol–water partition coefficient (Wildman–Crippen LogP) is 3.93. The monoisotopic (exact) mass is 457 g/mol. The number of alkyl halides is 3. The zero-order chi connectivity index (χ0) is 23.7. The Bertz CT molecular complexity index is 846. The van der Waals surface area contributed by atoms with Crippen LogP contribution in [0.25, 0.3) is 0 Å². The standard InChI is InChI=1S/C23H31F4N3O2/c1-15(28-20(31)17-12-18(23(25,26)27)14-19(24)13-17)16-4-8-30(9-5-16)11-10-29(3)21(32)22(2)6-7-22/h12-16H,4-11H2,1-3H3,(H,28,31). The van der Waals surface area contributed by atoms with Gasteiger partial charge in [0.1, 0.15) is 5.82 Å². The molecule has 1 N–H and O–H groups in total. The molecule has 5 nitrogen and oxygen atoms in total. The van der Waals surface area contributed by atoms with E-state index in [0.29, 0.717) is 18.7 Å². The van der Waals surface area contributed by atoms with E-state index in [1.807, 2.05) is 20.9 Å². The van der Waals surface area contributed by atoms with Gasteiger partial charge >= 0.3 is 6.18 Å². The summed E-state index contributed by atoms with van der Waals surface area (Å²) in [6, 6.07) is 1.63. The number of piperidine rings is 1. The number of likely N-dealkylation sites (N-methyl/N-ethyl adjacent to an activating group) is 1. The summed E-state index contributed by atoms with van der Waals surface area (Å²) in [4.78, 5) is 28.9. The molecule has 0 aromatic heterocycles. The van der Waals surface area contributed by atoms with Crippen molar-refractivity contribution >= 4 is 11.8 Å². The number of rotatable bonds is 7. The van der Waals surface area contributed by atoms with E-state index in [2.05, 4.69) is 10.2 Å². The van der Waals surface area contributed by atoms with Crippen molar-refractivity contribution in [3.05, 3.63) is 35.1 Å². The molecular formula is C23H31F4N3O2. The van der Waals surface area contributed by atoms with Crippen LogP contribution in [0.2, 0.25) is 0 Å². The Morgan fingerprint density at radius 2 is 1.84 bits per heavy atom. The van der Waals surface area contributed by atoms with Gasteiger partial charge in [0, 0.05) is 37.2 Å². The van der Waals surface area contributed by atoms with Gasteiger partial charge in [-0.25, -0.2) is 4.39 Å². The Hall–Kier alpha value is -2.16. The van der Waals surface area contributed by atoms with Crippen LogP contribution in [-0.2, 0) is 11.0 Å². The first-order valence-electron chi connectivity index (χ1n) is 11.1. The molecule has 1 unspecified atom stereocenters. The Kier molecular flexibility index (Phi) is 7.17. The lowest BCUT2D eigenvalue weighted by atomic mass is 9.90. The number of nitrogens with zero attached hydrogens (tertiary/aromatic N) is 2. The van der Waals surface area contributed by atoms with Crippen molar-refractivity contribution in [3.63, 3.8) is 0 Å². The molecule has 1 aromatic carbocycles. The van der Waals surface area contributed by atoms with Crippen LogP contribution in [0.4, 0.5) is 17.6 Å². The molecule has 0 bridgehead atoms. The maximum Gasteiger partial charge on any atom is 0.416 e. The molecule has 1 atom stereocenters. The summed E-state index contributed by atoms with van der Waals surface area (Å²) >= 11 is 0. The average molecular weight is 458 g/mol. The molecule has 9 heteroatoms. The number of hydrogen-bond acceptors (Lipinski definition) is 3. The zero-order valence-corrected chi connectivity index (χ0v) is 18.8. The summed E-state index contributed by atoms with van der Waals surface area (Å²) in [5.41, 5.74) is -1.68. The van der Waals surface area contributed by atoms with Gasteiger partial charge in [0.25, 0.3) is 5.91 Å². The van der Waals surface area contributed by atoms with E-state index < -0.39 is 23.5 Å². The molecule has 2 amide bonds. The van der Waals surface area contributed by atoms with Gasteiger partial charge in [-0.1, -0.05) is 6.92 Å². The van der Waals surface area contributed by atoms with Gasteiger partial charge in [-0.2, -0.15) is 13.2 Å². The number of hydrogen-bond donors (Lipinski definition) is 1. The van der Waals surface area contributed by atoms with Gasteiger partial charge in [-0.15, -0.1) is 0 Å². The zero-order valence-electron chi connectivity index (χ0n) is 18.8. The maximum absolute atomic E-state index is 13.6. The molecule has 0 radical (unpaired) electrons. The SMILES string of the molecule is CC(NC(=O)c1cc(F)cc(C(F)(F)F)c1)C1CCN(CCN(C)C(=O)C2(C)CC2)CC1. The topological polar surface area (TPSA) is 52.7 Å². The first-order chi connectivity index (χ1) is 14.9. The summed E-state index contributed by atoms with van der Waals surface area (Å²) in [5.74, 6) is -1.42. The Morgan fingerprint density at radius 3 is 2.41 bits per heavy atom. The second-order valence-corrected chi connectivity index (χ2v) is 9.45. The predicted molar refractivity (Wildman–Crippen MR) is 112 cm³/mol. The van der Waals surface area contributed by atoms with Crippen LogP contribution < -0.4 is 5.32 Å². The average Bonchev–Trinajstić information content (AvgIpc) is 3.49. The van der Waals surface area contributed by atoms with E-state index in [0.717, 1.165) is 51.4 Å². The first-order valence-corrected chi connectivity index (χ1v) is 11.1. The minimum absolute atomic E-state index is 0.169. The minimum atomic E-state index is -4.72. The quantitative estimate of drug-likeness (QED) is 0.632. The van der Waals surface area contributed by atoms with E-state index in [9.17, 15) is 27.2 Å². The molecule has 3 rings (SSSR count). The number of halogens is 4. The van der Waals surface area contributed by atoms with Gasteiger partial charge in [0.15, 0.2) is 0 Å². The van der Waals surface area contributed by atoms with Gasteiger partial charge in [-0.3, -0.25) is 9.59 Å². The second kappa shape index (κ2) is 9.37. The Morgan fingerprint density at radius 1 is 1.22 bits per heavy atom. The van der Waals surface area contributed by atoms with Gasteiger partial charge < -0.3 is 15.1 Å². The number of nitrogens with one attached hydrogen (secondary N) is 1. The Balaban J connectivity index is 1.46. The molecule has 2 fully saturated rings. The molecular weight excluding hydrogens is 426 g/mol. The van der Waals surface area contributed by atoms with Crippen LogP contribution in [0.15, 0.2) is 18.2 Å². The van der Waals surface area contributed by atoms with Crippen molar-refractivity contribution in [2.24, 2.45) is 11.3 Å². The second-order valence-electron chi connectivity index (χ2n) is 9.45. The molecule has 1 saturated heterocycles. The summed E-state index contributed by atoms with van der Waals surface area (Å²) in [5, 5.41) is 2.73. The van der Waals surface area contributed by atoms with Gasteiger partial charge in [-0.05, 0) is 69.8 Å². The molecule has 1 aromatic rings. The number of amides is 2. The van der Waals surface area contributed by atoms with Crippen LogP contribution in [0.3, 0.4) is 0 Å². The van der Waals surface area contributed by atoms with Crippen molar-refractivity contribution in [3.8, 4) is 0 Å². The van der Waals surface area contributed by atoms with E-state index in [1.54, 1.807) is 4.90 Å². The first kappa shape index (κ1) is 24.5. The van der Waals surface area contributed by atoms with Crippen LogP contribution in [0.5, 0.6) is 0 Å². The lowest BCUT2D eigenvalue weighted by Gasteiger charge is -2.36. The van der Waals surface area contributed by atoms with Crippen molar-refractivity contribution in [2.75, 3.05) is 33.2 Å². The highest BCUT2D eigenvalue weighted by Gasteiger charge is 2.46. The summed E-state index contributed by atoms with van der Waals surface area (Å²) < 4.78 is 52.3. The van der Waals surface area contributed by atoms with Crippen molar-refractivity contribution in [2.45, 2.75) is 51.7 Å². The van der Waals surface area contributed by atoms with E-state index >= 15 is 0 Å². The molecule has 1 aliphatic carbocycles. The van der Waals surface area contributed by atoms with Gasteiger partial charge in [0.05, 0.1) is 5.56 Å². The molecule has 2 aliphatic rings. The fourth-order valence-electron chi connectivity index (χ4n) is 4.22.